The lowest BCUT2D eigenvalue weighted by atomic mass is 9.89. The third-order valence-corrected chi connectivity index (χ3v) is 4.70. The number of likely N-dealkylation sites (tertiary alicyclic amines) is 1. The minimum Gasteiger partial charge on any atom is -0.341 e. The van der Waals surface area contributed by atoms with Gasteiger partial charge >= 0.3 is 0 Å². The van der Waals surface area contributed by atoms with E-state index in [0.717, 1.165) is 11.6 Å². The predicted molar refractivity (Wildman–Crippen MR) is 88.4 cm³/mol. The summed E-state index contributed by atoms with van der Waals surface area (Å²) in [6, 6.07) is 13.9. The molecule has 1 fully saturated rings. The lowest BCUT2D eigenvalue weighted by Crippen LogP contribution is -2.31. The van der Waals surface area contributed by atoms with E-state index in [0.29, 0.717) is 19.6 Å². The number of halogens is 2. The summed E-state index contributed by atoms with van der Waals surface area (Å²) in [5.74, 6) is -1.72. The number of carbonyl (C=O) groups excluding carboxylic acids is 1. The number of hydrogen-bond donors (Lipinski definition) is 1. The van der Waals surface area contributed by atoms with Gasteiger partial charge in [0.1, 0.15) is 0 Å². The Hall–Kier alpha value is -2.27. The van der Waals surface area contributed by atoms with Crippen molar-refractivity contribution in [2.75, 3.05) is 19.6 Å². The Bertz CT molecular complexity index is 721. The summed E-state index contributed by atoms with van der Waals surface area (Å²) in [4.78, 5) is 14.2. The van der Waals surface area contributed by atoms with Crippen LogP contribution >= 0.6 is 0 Å². The minimum atomic E-state index is -0.944. The van der Waals surface area contributed by atoms with Crippen LogP contribution in [0.1, 0.15) is 17.0 Å². The maximum atomic E-state index is 13.8. The van der Waals surface area contributed by atoms with E-state index in [1.165, 1.54) is 12.1 Å². The molecule has 1 saturated heterocycles. The van der Waals surface area contributed by atoms with Crippen LogP contribution in [0.15, 0.2) is 48.5 Å². The molecule has 2 atom stereocenters. The molecule has 2 aromatic carbocycles. The predicted octanol–water partition coefficient (Wildman–Crippen LogP) is 2.71. The molecule has 0 spiro atoms. The molecule has 1 aliphatic heterocycles. The number of hydrogen-bond acceptors (Lipinski definition) is 2. The minimum absolute atomic E-state index is 0.0902. The molecule has 2 N–H and O–H groups in total. The third kappa shape index (κ3) is 3.31. The first-order valence-corrected chi connectivity index (χ1v) is 8.05. The van der Waals surface area contributed by atoms with Crippen molar-refractivity contribution in [1.29, 1.82) is 0 Å². The Morgan fingerprint density at radius 1 is 1.08 bits per heavy atom. The van der Waals surface area contributed by atoms with Crippen LogP contribution in [0.4, 0.5) is 8.78 Å². The average molecular weight is 330 g/mol. The molecule has 1 heterocycles. The second kappa shape index (κ2) is 7.09. The van der Waals surface area contributed by atoms with Gasteiger partial charge in [-0.05, 0) is 24.1 Å². The van der Waals surface area contributed by atoms with E-state index in [4.69, 9.17) is 5.73 Å². The van der Waals surface area contributed by atoms with Crippen LogP contribution in [0.2, 0.25) is 0 Å². The summed E-state index contributed by atoms with van der Waals surface area (Å²) < 4.78 is 27.1. The molecule has 0 bridgehead atoms. The molecule has 1 amide bonds. The normalized spacial score (nSPS) is 20.4. The molecule has 0 saturated carbocycles. The highest BCUT2D eigenvalue weighted by Gasteiger charge is 2.35. The van der Waals surface area contributed by atoms with Gasteiger partial charge in [-0.15, -0.1) is 0 Å². The van der Waals surface area contributed by atoms with Crippen LogP contribution in [0.3, 0.4) is 0 Å². The average Bonchev–Trinajstić information content (AvgIpc) is 3.04. The largest absolute Gasteiger partial charge is 0.341 e. The van der Waals surface area contributed by atoms with Crippen LogP contribution in [-0.2, 0) is 11.2 Å². The van der Waals surface area contributed by atoms with Gasteiger partial charge in [0.15, 0.2) is 11.6 Å². The number of nitrogens with zero attached hydrogens (tertiary/aromatic N) is 1. The molecule has 1 aliphatic rings. The Morgan fingerprint density at radius 2 is 1.83 bits per heavy atom. The van der Waals surface area contributed by atoms with Crippen molar-refractivity contribution in [3.05, 3.63) is 71.3 Å². The molecular formula is C19H20F2N2O. The van der Waals surface area contributed by atoms with Crippen molar-refractivity contribution < 1.29 is 13.6 Å². The first kappa shape index (κ1) is 16.6. The van der Waals surface area contributed by atoms with Gasteiger partial charge in [-0.2, -0.15) is 0 Å². The van der Waals surface area contributed by atoms with E-state index in [1.807, 2.05) is 30.3 Å². The molecule has 2 aromatic rings. The Labute approximate surface area is 140 Å². The van der Waals surface area contributed by atoms with Crippen LogP contribution in [0, 0.1) is 17.6 Å². The quantitative estimate of drug-likeness (QED) is 0.937. The Balaban J connectivity index is 1.73. The van der Waals surface area contributed by atoms with Gasteiger partial charge in [0.25, 0.3) is 0 Å². The summed E-state index contributed by atoms with van der Waals surface area (Å²) in [5, 5.41) is 0. The third-order valence-electron chi connectivity index (χ3n) is 4.70. The Morgan fingerprint density at radius 3 is 2.54 bits per heavy atom. The van der Waals surface area contributed by atoms with Crippen molar-refractivity contribution in [3.8, 4) is 0 Å². The highest BCUT2D eigenvalue weighted by molar-refractivity contribution is 5.79. The van der Waals surface area contributed by atoms with Gasteiger partial charge in [-0.1, -0.05) is 42.5 Å². The van der Waals surface area contributed by atoms with Crippen molar-refractivity contribution in [3.63, 3.8) is 0 Å². The summed E-state index contributed by atoms with van der Waals surface area (Å²) in [7, 11) is 0. The number of rotatable bonds is 4. The van der Waals surface area contributed by atoms with Gasteiger partial charge in [0.05, 0.1) is 6.42 Å². The monoisotopic (exact) mass is 330 g/mol. The molecule has 0 unspecified atom stereocenters. The van der Waals surface area contributed by atoms with Crippen molar-refractivity contribution in [2.24, 2.45) is 11.7 Å². The fourth-order valence-corrected chi connectivity index (χ4v) is 3.35. The smallest absolute Gasteiger partial charge is 0.227 e. The number of amides is 1. The maximum absolute atomic E-state index is 13.8. The van der Waals surface area contributed by atoms with Gasteiger partial charge in [-0.25, -0.2) is 8.78 Å². The van der Waals surface area contributed by atoms with Crippen molar-refractivity contribution in [1.82, 2.24) is 4.90 Å². The molecule has 0 aliphatic carbocycles. The van der Waals surface area contributed by atoms with E-state index in [1.54, 1.807) is 4.90 Å². The molecule has 3 nitrogen and oxygen atoms in total. The summed E-state index contributed by atoms with van der Waals surface area (Å²) in [5.41, 5.74) is 7.12. The number of benzene rings is 2. The van der Waals surface area contributed by atoms with E-state index in [-0.39, 0.29) is 29.7 Å². The van der Waals surface area contributed by atoms with Crippen molar-refractivity contribution in [2.45, 2.75) is 12.3 Å². The van der Waals surface area contributed by atoms with Crippen LogP contribution in [0.5, 0.6) is 0 Å². The maximum Gasteiger partial charge on any atom is 0.227 e. The van der Waals surface area contributed by atoms with Gasteiger partial charge in [-0.3, -0.25) is 4.79 Å². The van der Waals surface area contributed by atoms with Gasteiger partial charge < -0.3 is 10.6 Å². The zero-order valence-electron chi connectivity index (χ0n) is 13.3. The second-order valence-electron chi connectivity index (χ2n) is 6.20. The first-order valence-electron chi connectivity index (χ1n) is 8.05. The van der Waals surface area contributed by atoms with E-state index in [9.17, 15) is 13.6 Å². The first-order chi connectivity index (χ1) is 11.6. The molecular weight excluding hydrogens is 310 g/mol. The van der Waals surface area contributed by atoms with Crippen molar-refractivity contribution >= 4 is 5.91 Å². The highest BCUT2D eigenvalue weighted by Crippen LogP contribution is 2.32. The second-order valence-corrected chi connectivity index (χ2v) is 6.20. The summed E-state index contributed by atoms with van der Waals surface area (Å²) in [6.45, 7) is 1.59. The fourth-order valence-electron chi connectivity index (χ4n) is 3.35. The van der Waals surface area contributed by atoms with Crippen LogP contribution in [0.25, 0.3) is 0 Å². The summed E-state index contributed by atoms with van der Waals surface area (Å²) in [6.07, 6.45) is -0.137. The molecule has 0 radical (unpaired) electrons. The van der Waals surface area contributed by atoms with E-state index < -0.39 is 11.6 Å². The highest BCUT2D eigenvalue weighted by atomic mass is 19.2. The number of nitrogens with two attached hydrogens (primary N) is 1. The molecule has 5 heteroatoms. The molecule has 0 aromatic heterocycles. The zero-order valence-corrected chi connectivity index (χ0v) is 13.3. The zero-order chi connectivity index (χ0) is 17.1. The Kier molecular flexibility index (Phi) is 4.90. The fraction of sp³-hybridized carbons (Fsp3) is 0.316. The van der Waals surface area contributed by atoms with E-state index >= 15 is 0 Å². The van der Waals surface area contributed by atoms with E-state index in [2.05, 4.69) is 0 Å². The van der Waals surface area contributed by atoms with Crippen LogP contribution < -0.4 is 5.73 Å². The lowest BCUT2D eigenvalue weighted by molar-refractivity contribution is -0.129. The van der Waals surface area contributed by atoms with Gasteiger partial charge in [0.2, 0.25) is 5.91 Å². The topological polar surface area (TPSA) is 46.3 Å². The number of carbonyl (C=O) groups is 1. The molecule has 126 valence electrons. The molecule has 3 rings (SSSR count). The van der Waals surface area contributed by atoms with Gasteiger partial charge in [0, 0.05) is 24.6 Å². The standard InChI is InChI=1S/C19H20F2N2O/c20-17-8-4-7-14(19(17)21)9-18(24)23-11-15(10-22)16(12-23)13-5-2-1-3-6-13/h1-8,15-16H,9-12,22H2/t15-,16+/m1/s1. The lowest BCUT2D eigenvalue weighted by Gasteiger charge is -2.17. The molecule has 24 heavy (non-hydrogen) atoms. The SMILES string of the molecule is NC[C@@H]1CN(C(=O)Cc2cccc(F)c2F)C[C@H]1c1ccccc1. The van der Waals surface area contributed by atoms with Crippen LogP contribution in [-0.4, -0.2) is 30.4 Å². The summed E-state index contributed by atoms with van der Waals surface area (Å²) >= 11 is 0.